The van der Waals surface area contributed by atoms with E-state index in [1.807, 2.05) is 0 Å². The van der Waals surface area contributed by atoms with Crippen molar-refractivity contribution in [2.45, 2.75) is 0 Å². The summed E-state index contributed by atoms with van der Waals surface area (Å²) >= 11 is 0. The number of nitrogens with one attached hydrogen (secondary N) is 2. The Morgan fingerprint density at radius 1 is 1.10 bits per heavy atom. The molecule has 4 N–H and O–H groups in total. The molecule has 0 spiro atoms. The molecule has 104 valence electrons. The lowest BCUT2D eigenvalue weighted by Gasteiger charge is -2.10. The molecule has 0 saturated carbocycles. The van der Waals surface area contributed by atoms with Crippen LogP contribution in [0.1, 0.15) is 0 Å². The van der Waals surface area contributed by atoms with Gasteiger partial charge >= 0.3 is 5.69 Å². The summed E-state index contributed by atoms with van der Waals surface area (Å²) in [6.07, 6.45) is 0. The van der Waals surface area contributed by atoms with E-state index < -0.39 is 16.6 Å². The molecule has 0 aromatic heterocycles. The number of nitrogens with zero attached hydrogens (tertiary/aromatic N) is 1. The van der Waals surface area contributed by atoms with Crippen molar-refractivity contribution in [3.63, 3.8) is 0 Å². The Morgan fingerprint density at radius 3 is 2.45 bits per heavy atom. The highest BCUT2D eigenvalue weighted by Gasteiger charge is 2.20. The second-order valence-corrected chi connectivity index (χ2v) is 3.85. The van der Waals surface area contributed by atoms with Gasteiger partial charge in [0.05, 0.1) is 10.6 Å². The van der Waals surface area contributed by atoms with Crippen molar-refractivity contribution < 1.29 is 13.7 Å². The Hall–Kier alpha value is -2.74. The van der Waals surface area contributed by atoms with Gasteiger partial charge in [0.15, 0.2) is 0 Å². The minimum Gasteiger partial charge on any atom is -0.347 e. The highest BCUT2D eigenvalue weighted by atomic mass is 19.1. The Bertz CT molecular complexity index is 664. The number of para-hydroxylation sites is 1. The van der Waals surface area contributed by atoms with Crippen molar-refractivity contribution in [3.05, 3.63) is 58.1 Å². The lowest BCUT2D eigenvalue weighted by atomic mass is 10.2. The van der Waals surface area contributed by atoms with Gasteiger partial charge in [0.25, 0.3) is 0 Å². The number of hydrazine groups is 1. The fraction of sp³-hybridized carbons (Fsp3) is 0. The predicted molar refractivity (Wildman–Crippen MR) is 70.5 cm³/mol. The van der Waals surface area contributed by atoms with Gasteiger partial charge in [-0.15, -0.1) is 0 Å². The topological polar surface area (TPSA) is 93.2 Å². The molecule has 0 unspecified atom stereocenters. The van der Waals surface area contributed by atoms with Crippen LogP contribution in [0.25, 0.3) is 0 Å². The Labute approximate surface area is 112 Å². The molecule has 0 aliphatic heterocycles. The van der Waals surface area contributed by atoms with Crippen molar-refractivity contribution in [1.82, 2.24) is 0 Å². The molecule has 0 amide bonds. The summed E-state index contributed by atoms with van der Waals surface area (Å²) in [5.41, 5.74) is 1.66. The zero-order chi connectivity index (χ0) is 14.7. The summed E-state index contributed by atoms with van der Waals surface area (Å²) in [5, 5.41) is 13.5. The van der Waals surface area contributed by atoms with Crippen molar-refractivity contribution in [2.75, 3.05) is 10.7 Å². The van der Waals surface area contributed by atoms with Gasteiger partial charge in [-0.2, -0.15) is 0 Å². The minimum absolute atomic E-state index is 0.00468. The van der Waals surface area contributed by atoms with Crippen LogP contribution in [-0.2, 0) is 0 Å². The average Bonchev–Trinajstić information content (AvgIpc) is 2.42. The molecule has 0 fully saturated rings. The standard InChI is InChI=1S/C12H10F2N4O2/c13-7-4-5-8(14)11(6-7)16-9-2-1-3-10(17-15)12(9)18(19)20/h1-6,16-17H,15H2. The maximum Gasteiger partial charge on any atom is 0.316 e. The first-order valence-corrected chi connectivity index (χ1v) is 5.49. The molecular formula is C12H10F2N4O2. The molecule has 6 nitrogen and oxygen atoms in total. The smallest absolute Gasteiger partial charge is 0.316 e. The van der Waals surface area contributed by atoms with Crippen LogP contribution in [-0.4, -0.2) is 4.92 Å². The minimum atomic E-state index is -0.730. The first kappa shape index (κ1) is 13.7. The third-order valence-corrected chi connectivity index (χ3v) is 2.57. The van der Waals surface area contributed by atoms with Gasteiger partial charge in [0.2, 0.25) is 0 Å². The van der Waals surface area contributed by atoms with E-state index in [1.165, 1.54) is 18.2 Å². The number of nitrogens with two attached hydrogens (primary N) is 1. The van der Waals surface area contributed by atoms with E-state index in [2.05, 4.69) is 10.7 Å². The van der Waals surface area contributed by atoms with E-state index in [1.54, 1.807) is 0 Å². The number of benzene rings is 2. The SMILES string of the molecule is NNc1cccc(Nc2cc(F)ccc2F)c1[N+](=O)[O-]. The highest BCUT2D eigenvalue weighted by Crippen LogP contribution is 2.34. The average molecular weight is 280 g/mol. The first-order chi connectivity index (χ1) is 9.52. The normalized spacial score (nSPS) is 10.2. The molecule has 2 aromatic rings. The molecule has 0 aliphatic carbocycles. The van der Waals surface area contributed by atoms with Crippen molar-refractivity contribution >= 4 is 22.7 Å². The van der Waals surface area contributed by atoms with Crippen LogP contribution < -0.4 is 16.6 Å². The molecule has 0 heterocycles. The number of anilines is 3. The second-order valence-electron chi connectivity index (χ2n) is 3.85. The highest BCUT2D eigenvalue weighted by molar-refractivity contribution is 5.79. The Kier molecular flexibility index (Phi) is 3.76. The maximum atomic E-state index is 13.5. The van der Waals surface area contributed by atoms with E-state index in [4.69, 9.17) is 5.84 Å². The number of rotatable bonds is 4. The summed E-state index contributed by atoms with van der Waals surface area (Å²) in [7, 11) is 0. The fourth-order valence-corrected chi connectivity index (χ4v) is 1.70. The second kappa shape index (κ2) is 5.49. The van der Waals surface area contributed by atoms with Crippen LogP contribution in [0.2, 0.25) is 0 Å². The van der Waals surface area contributed by atoms with Gasteiger partial charge in [-0.05, 0) is 24.3 Å². The van der Waals surface area contributed by atoms with Crippen LogP contribution in [0.5, 0.6) is 0 Å². The maximum absolute atomic E-state index is 13.5. The van der Waals surface area contributed by atoms with E-state index in [0.29, 0.717) is 0 Å². The third kappa shape index (κ3) is 2.64. The summed E-state index contributed by atoms with van der Waals surface area (Å²) in [6, 6.07) is 7.03. The van der Waals surface area contributed by atoms with E-state index in [9.17, 15) is 18.9 Å². The third-order valence-electron chi connectivity index (χ3n) is 2.57. The summed E-state index contributed by atoms with van der Waals surface area (Å²) in [6.45, 7) is 0. The molecule has 0 saturated heterocycles. The number of hydrogen-bond acceptors (Lipinski definition) is 5. The van der Waals surface area contributed by atoms with Gasteiger partial charge in [-0.25, -0.2) is 8.78 Å². The summed E-state index contributed by atoms with van der Waals surface area (Å²) in [4.78, 5) is 10.4. The van der Waals surface area contributed by atoms with Gasteiger partial charge in [-0.1, -0.05) is 6.07 Å². The lowest BCUT2D eigenvalue weighted by Crippen LogP contribution is -2.10. The largest absolute Gasteiger partial charge is 0.347 e. The molecule has 0 radical (unpaired) electrons. The number of hydrogen-bond donors (Lipinski definition) is 3. The molecular weight excluding hydrogens is 270 g/mol. The molecule has 0 bridgehead atoms. The molecule has 2 rings (SSSR count). The predicted octanol–water partition coefficient (Wildman–Crippen LogP) is 2.90. The van der Waals surface area contributed by atoms with Crippen molar-refractivity contribution in [3.8, 4) is 0 Å². The fourth-order valence-electron chi connectivity index (χ4n) is 1.70. The summed E-state index contributed by atoms with van der Waals surface area (Å²) < 4.78 is 26.6. The summed E-state index contributed by atoms with van der Waals surface area (Å²) in [5.74, 6) is 3.80. The van der Waals surface area contributed by atoms with E-state index in [-0.39, 0.29) is 22.7 Å². The van der Waals surface area contributed by atoms with Crippen molar-refractivity contribution in [1.29, 1.82) is 0 Å². The van der Waals surface area contributed by atoms with Crippen LogP contribution in [0, 0.1) is 21.7 Å². The molecule has 8 heteroatoms. The molecule has 20 heavy (non-hydrogen) atoms. The van der Waals surface area contributed by atoms with Gasteiger partial charge in [0, 0.05) is 6.07 Å². The van der Waals surface area contributed by atoms with Crippen molar-refractivity contribution in [2.24, 2.45) is 5.84 Å². The van der Waals surface area contributed by atoms with Crippen LogP contribution in [0.15, 0.2) is 36.4 Å². The zero-order valence-corrected chi connectivity index (χ0v) is 10.1. The number of nitro benzene ring substituents is 1. The quantitative estimate of drug-likeness (QED) is 0.455. The van der Waals surface area contributed by atoms with Crippen LogP contribution >= 0.6 is 0 Å². The Balaban J connectivity index is 2.48. The van der Waals surface area contributed by atoms with E-state index in [0.717, 1.165) is 18.2 Å². The molecule has 0 aliphatic rings. The van der Waals surface area contributed by atoms with Gasteiger partial charge in [-0.3, -0.25) is 16.0 Å². The lowest BCUT2D eigenvalue weighted by molar-refractivity contribution is -0.383. The Morgan fingerprint density at radius 2 is 1.80 bits per heavy atom. The van der Waals surface area contributed by atoms with Crippen LogP contribution in [0.4, 0.5) is 31.5 Å². The van der Waals surface area contributed by atoms with E-state index >= 15 is 0 Å². The zero-order valence-electron chi connectivity index (χ0n) is 10.1. The number of nitrogen functional groups attached to an aromatic ring is 1. The molecule has 0 atom stereocenters. The monoisotopic (exact) mass is 280 g/mol. The number of nitro groups is 1. The van der Waals surface area contributed by atoms with Gasteiger partial charge in [0.1, 0.15) is 23.0 Å². The number of halogens is 2. The van der Waals surface area contributed by atoms with Crippen LogP contribution in [0.3, 0.4) is 0 Å². The first-order valence-electron chi connectivity index (χ1n) is 5.49. The molecule has 2 aromatic carbocycles. The van der Waals surface area contributed by atoms with Gasteiger partial charge < -0.3 is 10.7 Å².